The molecule has 0 radical (unpaired) electrons. The lowest BCUT2D eigenvalue weighted by atomic mass is 9.91. The van der Waals surface area contributed by atoms with E-state index in [2.05, 4.69) is 4.99 Å². The summed E-state index contributed by atoms with van der Waals surface area (Å²) in [5.74, 6) is 1.03. The number of esters is 1. The van der Waals surface area contributed by atoms with Crippen LogP contribution in [0.5, 0.6) is 11.5 Å². The van der Waals surface area contributed by atoms with Gasteiger partial charge in [0.2, 0.25) is 5.54 Å². The Morgan fingerprint density at radius 3 is 1.79 bits per heavy atom. The lowest BCUT2D eigenvalue weighted by molar-refractivity contribution is -0.152. The molecule has 0 aliphatic carbocycles. The molecule has 38 heavy (non-hydrogen) atoms. The quantitative estimate of drug-likeness (QED) is 0.238. The SMILES string of the molecule is CC1=N[C@@](C(=O)OCc2ccccc2)(c2ccc(OCc3ccccc3)c(OCc3ccccc3)c2)CO1. The lowest BCUT2D eigenvalue weighted by Gasteiger charge is -2.24. The summed E-state index contributed by atoms with van der Waals surface area (Å²) in [5.41, 5.74) is 2.23. The van der Waals surface area contributed by atoms with Crippen LogP contribution in [-0.2, 0) is 39.6 Å². The van der Waals surface area contributed by atoms with Gasteiger partial charge in [-0.15, -0.1) is 0 Å². The second-order valence-corrected chi connectivity index (χ2v) is 9.05. The van der Waals surface area contributed by atoms with Crippen molar-refractivity contribution < 1.29 is 23.7 Å². The van der Waals surface area contributed by atoms with E-state index >= 15 is 0 Å². The van der Waals surface area contributed by atoms with E-state index in [1.165, 1.54) is 0 Å². The predicted molar refractivity (Wildman–Crippen MR) is 145 cm³/mol. The largest absolute Gasteiger partial charge is 0.485 e. The number of rotatable bonds is 10. The van der Waals surface area contributed by atoms with Gasteiger partial charge in [0.05, 0.1) is 0 Å². The van der Waals surface area contributed by atoms with Crippen molar-refractivity contribution in [2.45, 2.75) is 32.3 Å². The molecule has 1 aliphatic heterocycles. The summed E-state index contributed by atoms with van der Waals surface area (Å²) in [4.78, 5) is 18.1. The average Bonchev–Trinajstić information content (AvgIpc) is 3.38. The van der Waals surface area contributed by atoms with Gasteiger partial charge < -0.3 is 18.9 Å². The van der Waals surface area contributed by atoms with Crippen molar-refractivity contribution in [1.82, 2.24) is 0 Å². The Morgan fingerprint density at radius 2 is 1.26 bits per heavy atom. The molecule has 0 N–H and O–H groups in total. The first-order chi connectivity index (χ1) is 18.6. The molecule has 6 heteroatoms. The highest BCUT2D eigenvalue weighted by atomic mass is 16.5. The molecular weight excluding hydrogens is 478 g/mol. The predicted octanol–water partition coefficient (Wildman–Crippen LogP) is 6.23. The van der Waals surface area contributed by atoms with E-state index in [0.717, 1.165) is 16.7 Å². The van der Waals surface area contributed by atoms with Crippen molar-refractivity contribution >= 4 is 11.9 Å². The normalized spacial score (nSPS) is 16.3. The van der Waals surface area contributed by atoms with Crippen molar-refractivity contribution in [3.8, 4) is 11.5 Å². The Morgan fingerprint density at radius 1 is 0.737 bits per heavy atom. The second kappa shape index (κ2) is 11.6. The van der Waals surface area contributed by atoms with E-state index in [1.54, 1.807) is 13.0 Å². The van der Waals surface area contributed by atoms with Crippen LogP contribution < -0.4 is 9.47 Å². The molecule has 0 amide bonds. The van der Waals surface area contributed by atoms with Gasteiger partial charge in [-0.2, -0.15) is 0 Å². The highest BCUT2D eigenvalue weighted by Gasteiger charge is 2.47. The average molecular weight is 508 g/mol. The van der Waals surface area contributed by atoms with Gasteiger partial charge in [0.1, 0.15) is 26.4 Å². The Labute approximate surface area is 222 Å². The van der Waals surface area contributed by atoms with Crippen molar-refractivity contribution in [2.24, 2.45) is 4.99 Å². The fourth-order valence-corrected chi connectivity index (χ4v) is 4.22. The van der Waals surface area contributed by atoms with Crippen molar-refractivity contribution in [3.63, 3.8) is 0 Å². The van der Waals surface area contributed by atoms with Crippen LogP contribution in [0.1, 0.15) is 29.2 Å². The molecule has 192 valence electrons. The molecule has 6 nitrogen and oxygen atoms in total. The van der Waals surface area contributed by atoms with Crippen molar-refractivity contribution in [2.75, 3.05) is 6.61 Å². The van der Waals surface area contributed by atoms with E-state index < -0.39 is 11.5 Å². The Hall–Kier alpha value is -4.58. The summed E-state index contributed by atoms with van der Waals surface area (Å²) in [5, 5.41) is 0. The topological polar surface area (TPSA) is 66.4 Å². The molecule has 0 aromatic heterocycles. The minimum Gasteiger partial charge on any atom is -0.485 e. The molecule has 0 bridgehead atoms. The van der Waals surface area contributed by atoms with Gasteiger partial charge in [0.25, 0.3) is 0 Å². The number of ether oxygens (including phenoxy) is 4. The minimum atomic E-state index is -1.33. The van der Waals surface area contributed by atoms with Crippen LogP contribution >= 0.6 is 0 Å². The maximum Gasteiger partial charge on any atom is 0.342 e. The molecule has 0 unspecified atom stereocenters. The van der Waals surface area contributed by atoms with Gasteiger partial charge in [-0.25, -0.2) is 9.79 Å². The van der Waals surface area contributed by atoms with Gasteiger partial charge in [0.15, 0.2) is 17.4 Å². The first kappa shape index (κ1) is 25.1. The number of carbonyl (C=O) groups is 1. The summed E-state index contributed by atoms with van der Waals surface area (Å²) in [6.07, 6.45) is 0. The van der Waals surface area contributed by atoms with E-state index in [-0.39, 0.29) is 13.2 Å². The molecular formula is C32H29NO5. The molecule has 5 rings (SSSR count). The van der Waals surface area contributed by atoms with E-state index in [0.29, 0.717) is 36.2 Å². The highest BCUT2D eigenvalue weighted by molar-refractivity contribution is 5.89. The zero-order valence-electron chi connectivity index (χ0n) is 21.2. The van der Waals surface area contributed by atoms with Crippen LogP contribution in [0.25, 0.3) is 0 Å². The van der Waals surface area contributed by atoms with E-state index in [9.17, 15) is 4.79 Å². The number of carbonyl (C=O) groups excluding carboxylic acids is 1. The summed E-state index contributed by atoms with van der Waals surface area (Å²) in [6.45, 7) is 2.65. The summed E-state index contributed by atoms with van der Waals surface area (Å²) in [6, 6.07) is 34.8. The Bertz CT molecular complexity index is 1390. The molecule has 4 aromatic rings. The molecule has 0 spiro atoms. The third-order valence-corrected chi connectivity index (χ3v) is 6.28. The fourth-order valence-electron chi connectivity index (χ4n) is 4.22. The number of nitrogens with zero attached hydrogens (tertiary/aromatic N) is 1. The van der Waals surface area contributed by atoms with Crippen LogP contribution in [0, 0.1) is 0 Å². The molecule has 0 saturated carbocycles. The third-order valence-electron chi connectivity index (χ3n) is 6.28. The fraction of sp³-hybridized carbons (Fsp3) is 0.188. The summed E-state index contributed by atoms with van der Waals surface area (Å²) < 4.78 is 23.8. The van der Waals surface area contributed by atoms with Crippen LogP contribution in [0.4, 0.5) is 0 Å². The molecule has 1 atom stereocenters. The Balaban J connectivity index is 1.43. The summed E-state index contributed by atoms with van der Waals surface area (Å²) in [7, 11) is 0. The van der Waals surface area contributed by atoms with Crippen molar-refractivity contribution in [1.29, 1.82) is 0 Å². The van der Waals surface area contributed by atoms with Crippen LogP contribution in [0.2, 0.25) is 0 Å². The van der Waals surface area contributed by atoms with Crippen LogP contribution in [0.15, 0.2) is 114 Å². The van der Waals surface area contributed by atoms with Crippen LogP contribution in [-0.4, -0.2) is 18.5 Å². The van der Waals surface area contributed by atoms with Gasteiger partial charge in [-0.05, 0) is 34.4 Å². The zero-order valence-corrected chi connectivity index (χ0v) is 21.2. The molecule has 1 heterocycles. The maximum atomic E-state index is 13.5. The highest BCUT2D eigenvalue weighted by Crippen LogP contribution is 2.39. The molecule has 1 aliphatic rings. The number of hydrogen-bond donors (Lipinski definition) is 0. The van der Waals surface area contributed by atoms with Gasteiger partial charge >= 0.3 is 5.97 Å². The molecule has 0 fully saturated rings. The monoisotopic (exact) mass is 507 g/mol. The van der Waals surface area contributed by atoms with Crippen LogP contribution in [0.3, 0.4) is 0 Å². The van der Waals surface area contributed by atoms with E-state index in [1.807, 2.05) is 103 Å². The van der Waals surface area contributed by atoms with Crippen molar-refractivity contribution in [3.05, 3.63) is 131 Å². The van der Waals surface area contributed by atoms with Gasteiger partial charge in [0, 0.05) is 6.92 Å². The third kappa shape index (κ3) is 5.86. The number of aliphatic imine (C=N–C) groups is 1. The summed E-state index contributed by atoms with van der Waals surface area (Å²) >= 11 is 0. The number of hydrogen-bond acceptors (Lipinski definition) is 6. The standard InChI is InChI=1S/C32H29NO5/c1-24-33-32(23-38-24,31(34)37-22-27-15-9-4-10-16-27)28-17-18-29(35-20-25-11-5-2-6-12-25)30(19-28)36-21-26-13-7-3-8-14-26/h2-19H,20-23H2,1H3/t32-/m1/s1. The minimum absolute atomic E-state index is 0.0504. The smallest absolute Gasteiger partial charge is 0.342 e. The number of benzene rings is 4. The molecule has 0 saturated heterocycles. The first-order valence-corrected chi connectivity index (χ1v) is 12.5. The lowest BCUT2D eigenvalue weighted by Crippen LogP contribution is -2.37. The second-order valence-electron chi connectivity index (χ2n) is 9.05. The van der Waals surface area contributed by atoms with Gasteiger partial charge in [-0.3, -0.25) is 0 Å². The zero-order chi connectivity index (χ0) is 26.2. The Kier molecular flexibility index (Phi) is 7.69. The van der Waals surface area contributed by atoms with E-state index in [4.69, 9.17) is 18.9 Å². The maximum absolute atomic E-state index is 13.5. The molecule has 4 aromatic carbocycles. The first-order valence-electron chi connectivity index (χ1n) is 12.5. The van der Waals surface area contributed by atoms with Gasteiger partial charge in [-0.1, -0.05) is 97.1 Å².